The number of aryl methyl sites for hydroxylation is 2. The second-order valence-electron chi connectivity index (χ2n) is 7.94. The van der Waals surface area contributed by atoms with Crippen molar-refractivity contribution < 1.29 is 9.59 Å². The molecule has 0 bridgehead atoms. The molecule has 0 spiro atoms. The predicted molar refractivity (Wildman–Crippen MR) is 118 cm³/mol. The Bertz CT molecular complexity index is 900. The SMILES string of the molecule is CCn1cc(CN2CCN3C(=O)[C@H](CSCc4ccccc4)NC(=O)[C@H]3C2)c(C)n1. The highest BCUT2D eigenvalue weighted by molar-refractivity contribution is 7.98. The molecule has 1 aromatic carbocycles. The summed E-state index contributed by atoms with van der Waals surface area (Å²) in [5.74, 6) is 1.45. The number of hydrogen-bond acceptors (Lipinski definition) is 5. The molecule has 2 fully saturated rings. The number of carbonyl (C=O) groups excluding carboxylic acids is 2. The van der Waals surface area contributed by atoms with E-state index in [-0.39, 0.29) is 11.8 Å². The van der Waals surface area contributed by atoms with E-state index in [1.54, 1.807) is 16.7 Å². The minimum Gasteiger partial charge on any atom is -0.342 e. The third kappa shape index (κ3) is 4.54. The Hall–Kier alpha value is -2.32. The summed E-state index contributed by atoms with van der Waals surface area (Å²) in [6.45, 7) is 7.63. The van der Waals surface area contributed by atoms with Crippen LogP contribution in [0, 0.1) is 6.92 Å². The second kappa shape index (κ2) is 9.22. The van der Waals surface area contributed by atoms with Crippen LogP contribution in [0.4, 0.5) is 0 Å². The monoisotopic (exact) mass is 427 g/mol. The average molecular weight is 428 g/mol. The number of amides is 2. The van der Waals surface area contributed by atoms with Crippen molar-refractivity contribution in [3.05, 3.63) is 53.3 Å². The van der Waals surface area contributed by atoms with Crippen molar-refractivity contribution in [2.24, 2.45) is 0 Å². The van der Waals surface area contributed by atoms with Crippen molar-refractivity contribution in [3.63, 3.8) is 0 Å². The summed E-state index contributed by atoms with van der Waals surface area (Å²) in [5.41, 5.74) is 3.44. The molecule has 0 aliphatic carbocycles. The van der Waals surface area contributed by atoms with Gasteiger partial charge in [-0.15, -0.1) is 0 Å². The van der Waals surface area contributed by atoms with Crippen LogP contribution in [0.2, 0.25) is 0 Å². The number of benzene rings is 1. The number of hydrogen-bond donors (Lipinski definition) is 1. The van der Waals surface area contributed by atoms with Crippen LogP contribution < -0.4 is 5.32 Å². The van der Waals surface area contributed by atoms with Crippen LogP contribution in [0.1, 0.15) is 23.7 Å². The van der Waals surface area contributed by atoms with Crippen molar-refractivity contribution >= 4 is 23.6 Å². The highest BCUT2D eigenvalue weighted by atomic mass is 32.2. The lowest BCUT2D eigenvalue weighted by molar-refractivity contribution is -0.152. The second-order valence-corrected chi connectivity index (χ2v) is 8.97. The molecule has 1 N–H and O–H groups in total. The highest BCUT2D eigenvalue weighted by Gasteiger charge is 2.43. The molecular formula is C22H29N5O2S. The normalized spacial score (nSPS) is 22.1. The van der Waals surface area contributed by atoms with Gasteiger partial charge in [-0.05, 0) is 19.4 Å². The largest absolute Gasteiger partial charge is 0.342 e. The number of nitrogens with one attached hydrogen (secondary N) is 1. The maximum Gasteiger partial charge on any atom is 0.246 e. The van der Waals surface area contributed by atoms with Crippen LogP contribution in [-0.4, -0.2) is 68.9 Å². The summed E-state index contributed by atoms with van der Waals surface area (Å²) in [6, 6.07) is 9.35. The summed E-state index contributed by atoms with van der Waals surface area (Å²) in [5, 5.41) is 7.47. The molecule has 4 rings (SSSR count). The van der Waals surface area contributed by atoms with Crippen molar-refractivity contribution in [2.45, 2.75) is 44.8 Å². The van der Waals surface area contributed by atoms with Crippen molar-refractivity contribution in [3.8, 4) is 0 Å². The maximum atomic E-state index is 13.0. The van der Waals surface area contributed by atoms with Gasteiger partial charge in [0.05, 0.1) is 5.69 Å². The molecule has 2 amide bonds. The summed E-state index contributed by atoms with van der Waals surface area (Å²) >= 11 is 1.68. The number of piperazine rings is 2. The molecule has 2 saturated heterocycles. The zero-order chi connectivity index (χ0) is 21.1. The first-order valence-corrected chi connectivity index (χ1v) is 11.7. The van der Waals surface area contributed by atoms with E-state index < -0.39 is 12.1 Å². The van der Waals surface area contributed by atoms with E-state index in [1.165, 1.54) is 11.1 Å². The van der Waals surface area contributed by atoms with E-state index in [4.69, 9.17) is 0 Å². The van der Waals surface area contributed by atoms with E-state index in [2.05, 4.69) is 40.6 Å². The Kier molecular flexibility index (Phi) is 6.43. The Morgan fingerprint density at radius 2 is 2.00 bits per heavy atom. The van der Waals surface area contributed by atoms with Crippen LogP contribution in [0.15, 0.2) is 36.5 Å². The van der Waals surface area contributed by atoms with Gasteiger partial charge >= 0.3 is 0 Å². The highest BCUT2D eigenvalue weighted by Crippen LogP contribution is 2.21. The third-order valence-corrected chi connectivity index (χ3v) is 6.93. The molecule has 2 atom stereocenters. The number of rotatable bonds is 7. The Labute approximate surface area is 181 Å². The van der Waals surface area contributed by atoms with Gasteiger partial charge in [-0.2, -0.15) is 16.9 Å². The molecule has 0 saturated carbocycles. The zero-order valence-corrected chi connectivity index (χ0v) is 18.4. The van der Waals surface area contributed by atoms with Gasteiger partial charge in [0.1, 0.15) is 12.1 Å². The van der Waals surface area contributed by atoms with Crippen molar-refractivity contribution in [1.82, 2.24) is 24.9 Å². The van der Waals surface area contributed by atoms with E-state index in [9.17, 15) is 9.59 Å². The minimum atomic E-state index is -0.431. The number of carbonyl (C=O) groups is 2. The fourth-order valence-electron chi connectivity index (χ4n) is 4.10. The van der Waals surface area contributed by atoms with E-state index in [0.717, 1.165) is 31.1 Å². The standard InChI is InChI=1S/C22H29N5O2S/c1-3-26-12-18(16(2)24-26)11-25-9-10-27-20(13-25)21(28)23-19(22(27)29)15-30-14-17-7-5-4-6-8-17/h4-8,12,19-20H,3,9-11,13-15H2,1-2H3,(H,23,28)/t19-,20+/m0/s1. The zero-order valence-electron chi connectivity index (χ0n) is 17.6. The van der Waals surface area contributed by atoms with Gasteiger partial charge in [-0.25, -0.2) is 0 Å². The molecular weight excluding hydrogens is 398 g/mol. The van der Waals surface area contributed by atoms with Crippen LogP contribution in [-0.2, 0) is 28.4 Å². The number of fused-ring (bicyclic) bond motifs is 1. The lowest BCUT2D eigenvalue weighted by Gasteiger charge is -2.45. The summed E-state index contributed by atoms with van der Waals surface area (Å²) in [6.07, 6.45) is 2.08. The first kappa shape index (κ1) is 20.9. The average Bonchev–Trinajstić information content (AvgIpc) is 3.12. The molecule has 3 heterocycles. The molecule has 1 aromatic heterocycles. The Morgan fingerprint density at radius 1 is 1.20 bits per heavy atom. The molecule has 2 aromatic rings. The summed E-state index contributed by atoms with van der Waals surface area (Å²) < 4.78 is 1.94. The Balaban J connectivity index is 1.33. The maximum absolute atomic E-state index is 13.0. The topological polar surface area (TPSA) is 70.5 Å². The van der Waals surface area contributed by atoms with Crippen LogP contribution in [0.5, 0.6) is 0 Å². The van der Waals surface area contributed by atoms with Gasteiger partial charge in [-0.1, -0.05) is 30.3 Å². The first-order valence-electron chi connectivity index (χ1n) is 10.5. The van der Waals surface area contributed by atoms with E-state index in [1.807, 2.05) is 29.8 Å². The molecule has 7 nitrogen and oxygen atoms in total. The number of nitrogens with zero attached hydrogens (tertiary/aromatic N) is 4. The van der Waals surface area contributed by atoms with Gasteiger partial charge < -0.3 is 10.2 Å². The molecule has 0 radical (unpaired) electrons. The lowest BCUT2D eigenvalue weighted by atomic mass is 10.0. The Morgan fingerprint density at radius 3 is 2.73 bits per heavy atom. The van der Waals surface area contributed by atoms with Crippen LogP contribution in [0.25, 0.3) is 0 Å². The minimum absolute atomic E-state index is 0.0365. The number of thioether (sulfide) groups is 1. The summed E-state index contributed by atoms with van der Waals surface area (Å²) in [7, 11) is 0. The smallest absolute Gasteiger partial charge is 0.246 e. The molecule has 0 unspecified atom stereocenters. The van der Waals surface area contributed by atoms with Gasteiger partial charge in [-0.3, -0.25) is 19.2 Å². The lowest BCUT2D eigenvalue weighted by Crippen LogP contribution is -2.69. The fourth-order valence-corrected chi connectivity index (χ4v) is 5.11. The van der Waals surface area contributed by atoms with Gasteiger partial charge in [0.2, 0.25) is 11.8 Å². The fraction of sp³-hybridized carbons (Fsp3) is 0.500. The van der Waals surface area contributed by atoms with Crippen LogP contribution >= 0.6 is 11.8 Å². The summed E-state index contributed by atoms with van der Waals surface area (Å²) in [4.78, 5) is 29.8. The van der Waals surface area contributed by atoms with Gasteiger partial charge in [0, 0.05) is 56.0 Å². The molecule has 30 heavy (non-hydrogen) atoms. The van der Waals surface area contributed by atoms with E-state index in [0.29, 0.717) is 18.8 Å². The molecule has 2 aliphatic rings. The van der Waals surface area contributed by atoms with Gasteiger partial charge in [0.15, 0.2) is 0 Å². The van der Waals surface area contributed by atoms with Crippen molar-refractivity contribution in [1.29, 1.82) is 0 Å². The number of aromatic nitrogens is 2. The third-order valence-electron chi connectivity index (χ3n) is 5.83. The molecule has 2 aliphatic heterocycles. The van der Waals surface area contributed by atoms with Crippen molar-refractivity contribution in [2.75, 3.05) is 25.4 Å². The van der Waals surface area contributed by atoms with Crippen LogP contribution in [0.3, 0.4) is 0 Å². The van der Waals surface area contributed by atoms with E-state index >= 15 is 0 Å². The predicted octanol–water partition coefficient (Wildman–Crippen LogP) is 1.66. The first-order chi connectivity index (χ1) is 14.5. The molecule has 8 heteroatoms. The molecule has 160 valence electrons. The van der Waals surface area contributed by atoms with Gasteiger partial charge in [0.25, 0.3) is 0 Å². The quantitative estimate of drug-likeness (QED) is 0.728.